The Labute approximate surface area is 176 Å². The molecule has 156 valence electrons. The van der Waals surface area contributed by atoms with E-state index in [0.29, 0.717) is 11.3 Å². The second kappa shape index (κ2) is 7.86. The molecular formula is C22H19N5O4. The predicted molar refractivity (Wildman–Crippen MR) is 117 cm³/mol. The number of allylic oxidation sites excluding steroid dienone is 1. The first kappa shape index (κ1) is 20.0. The largest absolute Gasteiger partial charge is 0.337 e. The maximum absolute atomic E-state index is 13.2. The molecular weight excluding hydrogens is 398 g/mol. The first-order chi connectivity index (χ1) is 14.9. The average Bonchev–Trinajstić information content (AvgIpc) is 3.16. The van der Waals surface area contributed by atoms with Gasteiger partial charge in [0.2, 0.25) is 0 Å². The summed E-state index contributed by atoms with van der Waals surface area (Å²) in [4.78, 5) is 41.4. The van der Waals surface area contributed by atoms with Crippen LogP contribution in [0.4, 0.5) is 5.69 Å². The third-order valence-corrected chi connectivity index (χ3v) is 5.04. The molecule has 2 aromatic heterocycles. The van der Waals surface area contributed by atoms with Gasteiger partial charge < -0.3 is 4.57 Å². The molecule has 0 saturated carbocycles. The van der Waals surface area contributed by atoms with E-state index in [1.165, 1.54) is 29.1 Å². The predicted octanol–water partition coefficient (Wildman–Crippen LogP) is 2.80. The topological polar surface area (TPSA) is 105 Å². The van der Waals surface area contributed by atoms with Crippen molar-refractivity contribution in [2.45, 2.75) is 20.0 Å². The molecule has 4 rings (SSSR count). The van der Waals surface area contributed by atoms with Crippen LogP contribution in [0, 0.1) is 17.0 Å². The highest BCUT2D eigenvalue weighted by Crippen LogP contribution is 2.19. The number of aryl methyl sites for hydroxylation is 1. The zero-order chi connectivity index (χ0) is 22.1. The van der Waals surface area contributed by atoms with Crippen LogP contribution in [-0.2, 0) is 13.1 Å². The quantitative estimate of drug-likeness (QED) is 0.273. The summed E-state index contributed by atoms with van der Waals surface area (Å²) in [5, 5.41) is 11.1. The number of hydrogen-bond acceptors (Lipinski definition) is 5. The smallest absolute Gasteiger partial charge is 0.320 e. The molecule has 0 saturated heterocycles. The van der Waals surface area contributed by atoms with Crippen molar-refractivity contribution in [3.05, 3.63) is 110 Å². The van der Waals surface area contributed by atoms with E-state index < -0.39 is 16.2 Å². The number of hydrogen-bond donors (Lipinski definition) is 0. The first-order valence-corrected chi connectivity index (χ1v) is 9.53. The molecule has 0 unspecified atom stereocenters. The molecule has 9 nitrogen and oxygen atoms in total. The molecule has 2 heterocycles. The lowest BCUT2D eigenvalue weighted by Crippen LogP contribution is -2.40. The molecule has 0 amide bonds. The SMILES string of the molecule is C=CCn1c(=O)c2c(ncn2Cc2cccc([N+](=O)[O-])c2)n(-c2ccccc2C)c1=O. The third kappa shape index (κ3) is 3.46. The lowest BCUT2D eigenvalue weighted by atomic mass is 10.2. The molecule has 0 N–H and O–H groups in total. The van der Waals surface area contributed by atoms with Gasteiger partial charge in [-0.05, 0) is 24.1 Å². The van der Waals surface area contributed by atoms with Crippen LogP contribution in [-0.4, -0.2) is 23.6 Å². The molecule has 9 heteroatoms. The molecule has 0 bridgehead atoms. The van der Waals surface area contributed by atoms with Gasteiger partial charge in [0.05, 0.1) is 16.9 Å². The monoisotopic (exact) mass is 417 g/mol. The van der Waals surface area contributed by atoms with Gasteiger partial charge in [-0.3, -0.25) is 19.5 Å². The molecule has 0 aliphatic carbocycles. The molecule has 0 fully saturated rings. The van der Waals surface area contributed by atoms with Crippen LogP contribution in [0.25, 0.3) is 16.9 Å². The number of para-hydroxylation sites is 1. The van der Waals surface area contributed by atoms with Crippen LogP contribution in [0.3, 0.4) is 0 Å². The van der Waals surface area contributed by atoms with Crippen molar-refractivity contribution in [1.29, 1.82) is 0 Å². The Kier molecular flexibility index (Phi) is 5.08. The molecule has 4 aromatic rings. The average molecular weight is 417 g/mol. The summed E-state index contributed by atoms with van der Waals surface area (Å²) < 4.78 is 4.12. The van der Waals surface area contributed by atoms with Gasteiger partial charge >= 0.3 is 5.69 Å². The van der Waals surface area contributed by atoms with Gasteiger partial charge in [-0.1, -0.05) is 36.4 Å². The standard InChI is InChI=1S/C22H19N5O4/c1-3-11-25-21(28)19-20(26(22(25)29)18-10-5-4-7-15(18)2)23-14-24(19)13-16-8-6-9-17(12-16)27(30)31/h3-10,12,14H,1,11,13H2,2H3. The van der Waals surface area contributed by atoms with Crippen molar-refractivity contribution in [3.63, 3.8) is 0 Å². The Hall–Kier alpha value is -4.27. The van der Waals surface area contributed by atoms with Crippen LogP contribution in [0.15, 0.2) is 77.1 Å². The van der Waals surface area contributed by atoms with Gasteiger partial charge in [0.1, 0.15) is 0 Å². The van der Waals surface area contributed by atoms with E-state index in [2.05, 4.69) is 11.6 Å². The van der Waals surface area contributed by atoms with Gasteiger partial charge in [-0.15, -0.1) is 6.58 Å². The minimum absolute atomic E-state index is 0.0391. The maximum atomic E-state index is 13.2. The highest BCUT2D eigenvalue weighted by atomic mass is 16.6. The highest BCUT2D eigenvalue weighted by molar-refractivity contribution is 5.73. The number of benzene rings is 2. The Morgan fingerprint density at radius 2 is 1.94 bits per heavy atom. The molecule has 0 radical (unpaired) electrons. The van der Waals surface area contributed by atoms with E-state index >= 15 is 0 Å². The number of non-ortho nitro benzene ring substituents is 1. The number of nitrogens with zero attached hydrogens (tertiary/aromatic N) is 5. The molecule has 31 heavy (non-hydrogen) atoms. The number of rotatable bonds is 6. The molecule has 0 spiro atoms. The number of nitro groups is 1. The van der Waals surface area contributed by atoms with Crippen molar-refractivity contribution in [1.82, 2.24) is 18.7 Å². The Morgan fingerprint density at radius 3 is 2.65 bits per heavy atom. The minimum Gasteiger partial charge on any atom is -0.320 e. The van der Waals surface area contributed by atoms with E-state index in [0.717, 1.165) is 10.1 Å². The number of aromatic nitrogens is 4. The summed E-state index contributed by atoms with van der Waals surface area (Å²) in [6, 6.07) is 13.5. The molecule has 0 aliphatic rings. The molecule has 2 aromatic carbocycles. The first-order valence-electron chi connectivity index (χ1n) is 9.53. The van der Waals surface area contributed by atoms with Crippen molar-refractivity contribution in [2.75, 3.05) is 0 Å². The van der Waals surface area contributed by atoms with Gasteiger partial charge in [-0.2, -0.15) is 0 Å². The van der Waals surface area contributed by atoms with Crippen molar-refractivity contribution in [2.24, 2.45) is 0 Å². The minimum atomic E-state index is -0.507. The fourth-order valence-electron chi connectivity index (χ4n) is 3.59. The summed E-state index contributed by atoms with van der Waals surface area (Å²) in [5.41, 5.74) is 1.53. The van der Waals surface area contributed by atoms with Crippen molar-refractivity contribution >= 4 is 16.9 Å². The van der Waals surface area contributed by atoms with Crippen molar-refractivity contribution < 1.29 is 4.92 Å². The fraction of sp³-hybridized carbons (Fsp3) is 0.136. The number of imidazole rings is 1. The zero-order valence-corrected chi connectivity index (χ0v) is 16.8. The van der Waals surface area contributed by atoms with E-state index in [-0.39, 0.29) is 29.9 Å². The lowest BCUT2D eigenvalue weighted by molar-refractivity contribution is -0.384. The van der Waals surface area contributed by atoms with Gasteiger partial charge in [-0.25, -0.2) is 14.3 Å². The van der Waals surface area contributed by atoms with Crippen LogP contribution < -0.4 is 11.2 Å². The summed E-state index contributed by atoms with van der Waals surface area (Å²) in [6.45, 7) is 5.75. The summed E-state index contributed by atoms with van der Waals surface area (Å²) in [5.74, 6) is 0. The van der Waals surface area contributed by atoms with E-state index in [1.54, 1.807) is 22.8 Å². The van der Waals surface area contributed by atoms with Crippen molar-refractivity contribution in [3.8, 4) is 5.69 Å². The normalized spacial score (nSPS) is 11.0. The van der Waals surface area contributed by atoms with E-state index in [1.807, 2.05) is 25.1 Å². The van der Waals surface area contributed by atoms with Crippen LogP contribution >= 0.6 is 0 Å². The number of fused-ring (bicyclic) bond motifs is 1. The maximum Gasteiger partial charge on any atom is 0.337 e. The molecule has 0 aliphatic heterocycles. The highest BCUT2D eigenvalue weighted by Gasteiger charge is 2.20. The Bertz CT molecular complexity index is 1440. The van der Waals surface area contributed by atoms with Crippen LogP contribution in [0.5, 0.6) is 0 Å². The molecule has 0 atom stereocenters. The second-order valence-corrected chi connectivity index (χ2v) is 7.08. The fourth-order valence-corrected chi connectivity index (χ4v) is 3.59. The summed E-state index contributed by atoms with van der Waals surface area (Å²) in [7, 11) is 0. The van der Waals surface area contributed by atoms with E-state index in [4.69, 9.17) is 0 Å². The Morgan fingerprint density at radius 1 is 1.16 bits per heavy atom. The van der Waals surface area contributed by atoms with Gasteiger partial charge in [0.15, 0.2) is 11.2 Å². The van der Waals surface area contributed by atoms with Crippen LogP contribution in [0.2, 0.25) is 0 Å². The number of nitro benzene ring substituents is 1. The van der Waals surface area contributed by atoms with E-state index in [9.17, 15) is 19.7 Å². The Balaban J connectivity index is 1.98. The van der Waals surface area contributed by atoms with Crippen LogP contribution in [0.1, 0.15) is 11.1 Å². The third-order valence-electron chi connectivity index (χ3n) is 5.04. The summed E-state index contributed by atoms with van der Waals surface area (Å²) in [6.07, 6.45) is 2.95. The van der Waals surface area contributed by atoms with Gasteiger partial charge in [0.25, 0.3) is 11.2 Å². The lowest BCUT2D eigenvalue weighted by Gasteiger charge is -2.13. The zero-order valence-electron chi connectivity index (χ0n) is 16.8. The summed E-state index contributed by atoms with van der Waals surface area (Å²) >= 11 is 0. The van der Waals surface area contributed by atoms with Gasteiger partial charge in [0, 0.05) is 25.2 Å². The second-order valence-electron chi connectivity index (χ2n) is 7.08.